The van der Waals surface area contributed by atoms with E-state index in [4.69, 9.17) is 16.1 Å². The van der Waals surface area contributed by atoms with E-state index in [-0.39, 0.29) is 11.8 Å². The lowest BCUT2D eigenvalue weighted by Crippen LogP contribution is -2.31. The van der Waals surface area contributed by atoms with Gasteiger partial charge in [0.05, 0.1) is 0 Å². The average molecular weight is 348 g/mol. The Bertz CT molecular complexity index is 727. The minimum atomic E-state index is 0.0877. The highest BCUT2D eigenvalue weighted by Gasteiger charge is 2.22. The van der Waals surface area contributed by atoms with Crippen molar-refractivity contribution < 1.29 is 9.32 Å². The first-order valence-corrected chi connectivity index (χ1v) is 8.83. The van der Waals surface area contributed by atoms with Crippen molar-refractivity contribution in [1.29, 1.82) is 0 Å². The van der Waals surface area contributed by atoms with Crippen LogP contribution < -0.4 is 4.90 Å². The lowest BCUT2D eigenvalue weighted by atomic mass is 10.1. The number of hydrogen-bond acceptors (Lipinski definition) is 4. The van der Waals surface area contributed by atoms with Gasteiger partial charge in [-0.25, -0.2) is 0 Å². The lowest BCUT2D eigenvalue weighted by molar-refractivity contribution is -0.118. The molecule has 128 valence electrons. The fourth-order valence-electron chi connectivity index (χ4n) is 2.94. The average Bonchev–Trinajstić information content (AvgIpc) is 2.93. The summed E-state index contributed by atoms with van der Waals surface area (Å²) in [6, 6.07) is 5.76. The Balaban J connectivity index is 1.70. The van der Waals surface area contributed by atoms with Crippen LogP contribution in [0.15, 0.2) is 22.7 Å². The summed E-state index contributed by atoms with van der Waals surface area (Å²) in [5.41, 5.74) is 2.13. The Morgan fingerprint density at radius 1 is 1.38 bits per heavy atom. The van der Waals surface area contributed by atoms with Crippen LogP contribution in [0.4, 0.5) is 5.69 Å². The fourth-order valence-corrected chi connectivity index (χ4v) is 3.13. The number of aromatic nitrogens is 2. The highest BCUT2D eigenvalue weighted by Crippen LogP contribution is 2.29. The van der Waals surface area contributed by atoms with Gasteiger partial charge in [-0.2, -0.15) is 4.98 Å². The molecule has 5 nitrogen and oxygen atoms in total. The van der Waals surface area contributed by atoms with Crippen molar-refractivity contribution in [3.63, 3.8) is 0 Å². The lowest BCUT2D eigenvalue weighted by Gasteiger charge is -2.23. The molecule has 1 aromatic heterocycles. The normalized spacial score (nSPS) is 14.6. The van der Waals surface area contributed by atoms with E-state index in [1.54, 1.807) is 0 Å². The first kappa shape index (κ1) is 17.0. The molecule has 1 aliphatic heterocycles. The van der Waals surface area contributed by atoms with Gasteiger partial charge < -0.3 is 9.42 Å². The molecule has 2 heterocycles. The summed E-state index contributed by atoms with van der Waals surface area (Å²) in [4.78, 5) is 18.9. The molecular weight excluding hydrogens is 326 g/mol. The molecule has 0 fully saturated rings. The van der Waals surface area contributed by atoms with E-state index >= 15 is 0 Å². The van der Waals surface area contributed by atoms with Crippen molar-refractivity contribution >= 4 is 23.2 Å². The molecule has 1 aliphatic rings. The van der Waals surface area contributed by atoms with Crippen molar-refractivity contribution in [1.82, 2.24) is 10.1 Å². The Morgan fingerprint density at radius 2 is 2.21 bits per heavy atom. The summed E-state index contributed by atoms with van der Waals surface area (Å²) >= 11 is 6.10. The van der Waals surface area contributed by atoms with Gasteiger partial charge in [0, 0.05) is 36.0 Å². The van der Waals surface area contributed by atoms with Crippen molar-refractivity contribution in [2.24, 2.45) is 0 Å². The first-order valence-electron chi connectivity index (χ1n) is 8.46. The number of hydrogen-bond donors (Lipinski definition) is 0. The number of fused-ring (bicyclic) bond motifs is 1. The van der Waals surface area contributed by atoms with Crippen molar-refractivity contribution in [2.75, 3.05) is 11.4 Å². The highest BCUT2D eigenvalue weighted by molar-refractivity contribution is 6.30. The van der Waals surface area contributed by atoms with Gasteiger partial charge in [0.2, 0.25) is 11.8 Å². The highest BCUT2D eigenvalue weighted by atomic mass is 35.5. The van der Waals surface area contributed by atoms with Crippen LogP contribution in [-0.4, -0.2) is 22.6 Å². The predicted octanol–water partition coefficient (Wildman–Crippen LogP) is 4.15. The summed E-state index contributed by atoms with van der Waals surface area (Å²) in [5.74, 6) is 1.52. The van der Waals surface area contributed by atoms with E-state index in [1.165, 1.54) is 0 Å². The number of benzene rings is 1. The van der Waals surface area contributed by atoms with E-state index in [0.29, 0.717) is 24.6 Å². The van der Waals surface area contributed by atoms with Gasteiger partial charge in [0.25, 0.3) is 0 Å². The van der Waals surface area contributed by atoms with Gasteiger partial charge in [-0.3, -0.25) is 4.79 Å². The number of carbonyl (C=O) groups excluding carboxylic acids is 1. The van der Waals surface area contributed by atoms with Gasteiger partial charge in [-0.15, -0.1) is 0 Å². The number of carbonyl (C=O) groups is 1. The number of anilines is 1. The van der Waals surface area contributed by atoms with E-state index < -0.39 is 0 Å². The number of nitrogens with zero attached hydrogens (tertiary/aromatic N) is 3. The van der Waals surface area contributed by atoms with Crippen molar-refractivity contribution in [2.45, 2.75) is 51.9 Å². The van der Waals surface area contributed by atoms with E-state index in [2.05, 4.69) is 10.1 Å². The zero-order valence-electron chi connectivity index (χ0n) is 14.1. The SMILES string of the molecule is CC(C)c1noc(CCC(=O)N2CCCCc3cc(Cl)ccc32)n1. The third-order valence-corrected chi connectivity index (χ3v) is 4.50. The molecule has 1 amide bonds. The maximum absolute atomic E-state index is 12.7. The maximum Gasteiger partial charge on any atom is 0.227 e. The molecule has 0 N–H and O–H groups in total. The number of aryl methyl sites for hydroxylation is 2. The van der Waals surface area contributed by atoms with E-state index in [1.807, 2.05) is 36.9 Å². The molecule has 0 saturated heterocycles. The van der Waals surface area contributed by atoms with E-state index in [9.17, 15) is 4.79 Å². The second-order valence-electron chi connectivity index (χ2n) is 6.48. The molecule has 6 heteroatoms. The molecule has 3 rings (SSSR count). The molecule has 1 aromatic carbocycles. The van der Waals surface area contributed by atoms with Crippen molar-refractivity contribution in [3.05, 3.63) is 40.5 Å². The molecule has 0 atom stereocenters. The minimum Gasteiger partial charge on any atom is -0.339 e. The fraction of sp³-hybridized carbons (Fsp3) is 0.500. The van der Waals surface area contributed by atoms with Gasteiger partial charge in [-0.05, 0) is 43.0 Å². The molecule has 24 heavy (non-hydrogen) atoms. The Hall–Kier alpha value is -1.88. The van der Waals surface area contributed by atoms with Crippen molar-refractivity contribution in [3.8, 4) is 0 Å². The topological polar surface area (TPSA) is 59.2 Å². The summed E-state index contributed by atoms with van der Waals surface area (Å²) < 4.78 is 5.22. The zero-order valence-corrected chi connectivity index (χ0v) is 14.8. The van der Waals surface area contributed by atoms with Crippen LogP contribution in [0.3, 0.4) is 0 Å². The maximum atomic E-state index is 12.7. The molecular formula is C18H22ClN3O2. The number of halogens is 1. The van der Waals surface area contributed by atoms with Gasteiger partial charge >= 0.3 is 0 Å². The van der Waals surface area contributed by atoms with E-state index in [0.717, 1.165) is 42.1 Å². The molecule has 0 unspecified atom stereocenters. The van der Waals surface area contributed by atoms with Gasteiger partial charge in [-0.1, -0.05) is 30.6 Å². The molecule has 0 saturated carbocycles. The van der Waals surface area contributed by atoms with Crippen LogP contribution in [0.5, 0.6) is 0 Å². The van der Waals surface area contributed by atoms with Crippen LogP contribution in [0.1, 0.15) is 56.3 Å². The van der Waals surface area contributed by atoms with Gasteiger partial charge in [0.1, 0.15) is 0 Å². The predicted molar refractivity (Wildman–Crippen MR) is 93.5 cm³/mol. The molecule has 0 spiro atoms. The summed E-state index contributed by atoms with van der Waals surface area (Å²) in [5, 5.41) is 4.66. The molecule has 0 radical (unpaired) electrons. The Labute approximate surface area is 147 Å². The van der Waals surface area contributed by atoms with Crippen LogP contribution in [-0.2, 0) is 17.6 Å². The molecule has 0 bridgehead atoms. The van der Waals surface area contributed by atoms with Crippen LogP contribution in [0, 0.1) is 0 Å². The Morgan fingerprint density at radius 3 is 2.96 bits per heavy atom. The quantitative estimate of drug-likeness (QED) is 0.833. The third kappa shape index (κ3) is 3.78. The first-order chi connectivity index (χ1) is 11.5. The summed E-state index contributed by atoms with van der Waals surface area (Å²) in [6.45, 7) is 4.77. The zero-order chi connectivity index (χ0) is 17.1. The summed E-state index contributed by atoms with van der Waals surface area (Å²) in [6.07, 6.45) is 3.86. The van der Waals surface area contributed by atoms with Crippen LogP contribution in [0.25, 0.3) is 0 Å². The second-order valence-corrected chi connectivity index (χ2v) is 6.91. The summed E-state index contributed by atoms with van der Waals surface area (Å²) in [7, 11) is 0. The Kier molecular flexibility index (Phi) is 5.19. The standard InChI is InChI=1S/C18H22ClN3O2/c1-12(2)18-20-16(24-21-18)8-9-17(23)22-10-4-3-5-13-11-14(19)6-7-15(13)22/h6-7,11-12H,3-5,8-10H2,1-2H3. The molecule has 2 aromatic rings. The number of amides is 1. The molecule has 0 aliphatic carbocycles. The smallest absolute Gasteiger partial charge is 0.227 e. The monoisotopic (exact) mass is 347 g/mol. The minimum absolute atomic E-state index is 0.0877. The third-order valence-electron chi connectivity index (χ3n) is 4.26. The van der Waals surface area contributed by atoms with Crippen LogP contribution >= 0.6 is 11.6 Å². The second kappa shape index (κ2) is 7.34. The largest absolute Gasteiger partial charge is 0.339 e. The number of rotatable bonds is 4. The van der Waals surface area contributed by atoms with Gasteiger partial charge in [0.15, 0.2) is 5.82 Å². The van der Waals surface area contributed by atoms with Crippen LogP contribution in [0.2, 0.25) is 5.02 Å².